The molecule has 7 heteroatoms. The Labute approximate surface area is 119 Å². The topological polar surface area (TPSA) is 75.8 Å². The third-order valence-corrected chi connectivity index (χ3v) is 3.31. The maximum absolute atomic E-state index is 13.6. The first-order valence-electron chi connectivity index (χ1n) is 6.48. The van der Waals surface area contributed by atoms with Crippen molar-refractivity contribution in [3.63, 3.8) is 0 Å². The van der Waals surface area contributed by atoms with Gasteiger partial charge in [-0.1, -0.05) is 5.16 Å². The molecule has 1 N–H and O–H groups in total. The summed E-state index contributed by atoms with van der Waals surface area (Å²) in [4.78, 5) is 12.8. The van der Waals surface area contributed by atoms with Gasteiger partial charge in [-0.15, -0.1) is 0 Å². The highest BCUT2D eigenvalue weighted by molar-refractivity contribution is 5.87. The van der Waals surface area contributed by atoms with Crippen LogP contribution in [0.2, 0.25) is 0 Å². The van der Waals surface area contributed by atoms with Crippen LogP contribution < -0.4 is 4.90 Å². The minimum absolute atomic E-state index is 0.248. The molecule has 0 unspecified atom stereocenters. The molecule has 0 atom stereocenters. The number of ether oxygens (including phenoxy) is 1. The fourth-order valence-electron chi connectivity index (χ4n) is 2.29. The average molecular weight is 292 g/mol. The van der Waals surface area contributed by atoms with Crippen LogP contribution in [0.1, 0.15) is 10.6 Å². The Bertz CT molecular complexity index is 665. The zero-order valence-corrected chi connectivity index (χ0v) is 11.1. The van der Waals surface area contributed by atoms with E-state index in [9.17, 15) is 9.18 Å². The molecule has 0 amide bonds. The van der Waals surface area contributed by atoms with Gasteiger partial charge in [0.05, 0.1) is 13.2 Å². The van der Waals surface area contributed by atoms with Gasteiger partial charge in [0, 0.05) is 30.4 Å². The third-order valence-electron chi connectivity index (χ3n) is 3.31. The Morgan fingerprint density at radius 2 is 2.05 bits per heavy atom. The fourth-order valence-corrected chi connectivity index (χ4v) is 2.29. The fraction of sp³-hybridized carbons (Fsp3) is 0.286. The predicted octanol–water partition coefficient (Wildman–Crippen LogP) is 2.02. The second-order valence-corrected chi connectivity index (χ2v) is 4.64. The number of morpholine rings is 1. The van der Waals surface area contributed by atoms with Crippen molar-refractivity contribution in [1.82, 2.24) is 5.16 Å². The summed E-state index contributed by atoms with van der Waals surface area (Å²) in [6.07, 6.45) is 0. The molecule has 0 spiro atoms. The summed E-state index contributed by atoms with van der Waals surface area (Å²) < 4.78 is 23.6. The minimum Gasteiger partial charge on any atom is -0.475 e. The number of anilines is 1. The highest BCUT2D eigenvalue weighted by Crippen LogP contribution is 2.31. The molecule has 0 aliphatic carbocycles. The van der Waals surface area contributed by atoms with Crippen molar-refractivity contribution in [3.05, 3.63) is 35.8 Å². The van der Waals surface area contributed by atoms with Crippen LogP contribution in [-0.2, 0) is 4.74 Å². The smallest absolute Gasteiger partial charge is 0.374 e. The van der Waals surface area contributed by atoms with Gasteiger partial charge in [0.2, 0.25) is 5.76 Å². The van der Waals surface area contributed by atoms with Crippen molar-refractivity contribution in [3.8, 4) is 11.3 Å². The van der Waals surface area contributed by atoms with E-state index in [4.69, 9.17) is 14.4 Å². The van der Waals surface area contributed by atoms with E-state index in [0.29, 0.717) is 43.2 Å². The van der Waals surface area contributed by atoms with Gasteiger partial charge < -0.3 is 19.3 Å². The van der Waals surface area contributed by atoms with Gasteiger partial charge in [0.15, 0.2) is 0 Å². The van der Waals surface area contributed by atoms with Gasteiger partial charge in [0.1, 0.15) is 11.5 Å². The first kappa shape index (κ1) is 13.6. The number of hydrogen-bond acceptors (Lipinski definition) is 5. The standard InChI is InChI=1S/C14H13FN2O4/c15-9-1-2-10(11-8-13(14(18)19)21-16-11)12(7-9)17-3-5-20-6-4-17/h1-2,7-8H,3-6H2,(H,18,19). The van der Waals surface area contributed by atoms with E-state index in [0.717, 1.165) is 0 Å². The van der Waals surface area contributed by atoms with E-state index >= 15 is 0 Å². The maximum Gasteiger partial charge on any atom is 0.374 e. The molecule has 110 valence electrons. The molecule has 0 bridgehead atoms. The van der Waals surface area contributed by atoms with E-state index in [2.05, 4.69) is 5.16 Å². The van der Waals surface area contributed by atoms with Crippen LogP contribution in [0.4, 0.5) is 10.1 Å². The number of aromatic nitrogens is 1. The van der Waals surface area contributed by atoms with Crippen LogP contribution in [0, 0.1) is 5.82 Å². The lowest BCUT2D eigenvalue weighted by Gasteiger charge is -2.30. The van der Waals surface area contributed by atoms with Crippen LogP contribution in [0.5, 0.6) is 0 Å². The Morgan fingerprint density at radius 3 is 2.71 bits per heavy atom. The van der Waals surface area contributed by atoms with Gasteiger partial charge in [-0.3, -0.25) is 0 Å². The summed E-state index contributed by atoms with van der Waals surface area (Å²) in [6.45, 7) is 2.41. The predicted molar refractivity (Wildman–Crippen MR) is 71.9 cm³/mol. The zero-order valence-electron chi connectivity index (χ0n) is 11.1. The Morgan fingerprint density at radius 1 is 1.29 bits per heavy atom. The quantitative estimate of drug-likeness (QED) is 0.932. The number of halogens is 1. The monoisotopic (exact) mass is 292 g/mol. The van der Waals surface area contributed by atoms with E-state index < -0.39 is 5.97 Å². The maximum atomic E-state index is 13.6. The number of hydrogen-bond donors (Lipinski definition) is 1. The van der Waals surface area contributed by atoms with Gasteiger partial charge in [-0.2, -0.15) is 0 Å². The van der Waals surface area contributed by atoms with Crippen molar-refractivity contribution in [1.29, 1.82) is 0 Å². The molecule has 2 aromatic rings. The largest absolute Gasteiger partial charge is 0.475 e. The molecule has 1 saturated heterocycles. The van der Waals surface area contributed by atoms with Crippen LogP contribution in [0.15, 0.2) is 28.8 Å². The Balaban J connectivity index is 2.02. The Kier molecular flexibility index (Phi) is 3.57. The molecular weight excluding hydrogens is 279 g/mol. The molecule has 1 aliphatic heterocycles. The third kappa shape index (κ3) is 2.73. The first-order valence-corrected chi connectivity index (χ1v) is 6.48. The zero-order chi connectivity index (χ0) is 14.8. The van der Waals surface area contributed by atoms with Crippen LogP contribution in [0.3, 0.4) is 0 Å². The lowest BCUT2D eigenvalue weighted by Crippen LogP contribution is -2.36. The molecule has 1 aromatic heterocycles. The molecule has 3 rings (SSSR count). The van der Waals surface area contributed by atoms with Crippen molar-refractivity contribution >= 4 is 11.7 Å². The Hall–Kier alpha value is -2.41. The normalized spacial score (nSPS) is 15.2. The molecule has 0 saturated carbocycles. The summed E-state index contributed by atoms with van der Waals surface area (Å²) in [5.41, 5.74) is 1.66. The van der Waals surface area contributed by atoms with Crippen LogP contribution in [-0.4, -0.2) is 42.5 Å². The molecule has 1 fully saturated rings. The lowest BCUT2D eigenvalue weighted by atomic mass is 10.1. The highest BCUT2D eigenvalue weighted by Gasteiger charge is 2.20. The van der Waals surface area contributed by atoms with Crippen molar-refractivity contribution < 1.29 is 23.6 Å². The molecule has 1 aliphatic rings. The average Bonchev–Trinajstić information content (AvgIpc) is 2.98. The second-order valence-electron chi connectivity index (χ2n) is 4.64. The molecule has 2 heterocycles. The number of carboxylic acid groups (broad SMARTS) is 1. The minimum atomic E-state index is -1.19. The summed E-state index contributed by atoms with van der Waals surface area (Å²) >= 11 is 0. The van der Waals surface area contributed by atoms with Gasteiger partial charge in [-0.25, -0.2) is 9.18 Å². The number of carbonyl (C=O) groups is 1. The van der Waals surface area contributed by atoms with Crippen LogP contribution in [0.25, 0.3) is 11.3 Å². The van der Waals surface area contributed by atoms with Crippen molar-refractivity contribution in [2.75, 3.05) is 31.2 Å². The lowest BCUT2D eigenvalue weighted by molar-refractivity contribution is 0.0652. The molecule has 6 nitrogen and oxygen atoms in total. The van der Waals surface area contributed by atoms with E-state index in [1.54, 1.807) is 6.07 Å². The van der Waals surface area contributed by atoms with Gasteiger partial charge in [-0.05, 0) is 18.2 Å². The van der Waals surface area contributed by atoms with Gasteiger partial charge >= 0.3 is 5.97 Å². The van der Waals surface area contributed by atoms with Gasteiger partial charge in [0.25, 0.3) is 0 Å². The summed E-state index contributed by atoms with van der Waals surface area (Å²) in [6, 6.07) is 5.63. The van der Waals surface area contributed by atoms with Crippen LogP contribution >= 0.6 is 0 Å². The van der Waals surface area contributed by atoms with E-state index in [1.165, 1.54) is 18.2 Å². The van der Waals surface area contributed by atoms with E-state index in [1.807, 2.05) is 4.90 Å². The van der Waals surface area contributed by atoms with E-state index in [-0.39, 0.29) is 11.6 Å². The SMILES string of the molecule is O=C(O)c1cc(-c2ccc(F)cc2N2CCOCC2)no1. The van der Waals surface area contributed by atoms with Crippen molar-refractivity contribution in [2.24, 2.45) is 0 Å². The number of nitrogens with zero attached hydrogens (tertiary/aromatic N) is 2. The molecule has 21 heavy (non-hydrogen) atoms. The first-order chi connectivity index (χ1) is 10.1. The number of carboxylic acids is 1. The van der Waals surface area contributed by atoms with Crippen molar-refractivity contribution in [2.45, 2.75) is 0 Å². The molecule has 0 radical (unpaired) electrons. The molecule has 1 aromatic carbocycles. The number of rotatable bonds is 3. The number of benzene rings is 1. The summed E-state index contributed by atoms with van der Waals surface area (Å²) in [7, 11) is 0. The second kappa shape index (κ2) is 5.53. The highest BCUT2D eigenvalue weighted by atomic mass is 19.1. The summed E-state index contributed by atoms with van der Waals surface area (Å²) in [5.74, 6) is -1.80. The summed E-state index contributed by atoms with van der Waals surface area (Å²) in [5, 5.41) is 12.6. The number of aromatic carboxylic acids is 1. The molecular formula is C14H13FN2O4.